The van der Waals surface area contributed by atoms with Crippen LogP contribution in [0.5, 0.6) is 0 Å². The quantitative estimate of drug-likeness (QED) is 0.311. The number of carbonyl (C=O) groups excluding carboxylic acids is 3. The molecule has 0 aromatic heterocycles. The van der Waals surface area contributed by atoms with Gasteiger partial charge in [0, 0.05) is 32.1 Å². The number of benzene rings is 2. The molecule has 1 aliphatic heterocycles. The Morgan fingerprint density at radius 2 is 2.00 bits per heavy atom. The molecule has 0 spiro atoms. The summed E-state index contributed by atoms with van der Waals surface area (Å²) in [5.41, 5.74) is 7.22. The molecule has 2 amide bonds. The van der Waals surface area contributed by atoms with Gasteiger partial charge in [0.2, 0.25) is 0 Å². The molecule has 8 nitrogen and oxygen atoms in total. The number of nitrogens with zero attached hydrogens (tertiary/aromatic N) is 2. The first-order valence-electron chi connectivity index (χ1n) is 10.8. The summed E-state index contributed by atoms with van der Waals surface area (Å²) in [6.07, 6.45) is 2.49. The Morgan fingerprint density at radius 3 is 2.73 bits per heavy atom. The summed E-state index contributed by atoms with van der Waals surface area (Å²) in [6, 6.07) is 14.8. The second-order valence-corrected chi connectivity index (χ2v) is 7.94. The van der Waals surface area contributed by atoms with Gasteiger partial charge in [-0.15, -0.1) is 0 Å². The Hall–Kier alpha value is -3.94. The maximum absolute atomic E-state index is 13.0. The topological polar surface area (TPSA) is 103 Å². The normalized spacial score (nSPS) is 15.7. The first-order chi connectivity index (χ1) is 15.9. The SMILES string of the molecule is C=C(Cc1ccccc1)N/N=C(\C)C(=O)N[C@H]1CNc2ccc(CCC=O)cc2N(C)C1=O. The first-order valence-corrected chi connectivity index (χ1v) is 10.8. The van der Waals surface area contributed by atoms with Crippen LogP contribution >= 0.6 is 0 Å². The van der Waals surface area contributed by atoms with E-state index in [1.807, 2.05) is 48.5 Å². The van der Waals surface area contributed by atoms with E-state index in [4.69, 9.17) is 0 Å². The average molecular weight is 448 g/mol. The van der Waals surface area contributed by atoms with E-state index < -0.39 is 11.9 Å². The Bertz CT molecular complexity index is 1060. The number of amides is 2. The van der Waals surface area contributed by atoms with Crippen molar-refractivity contribution in [3.8, 4) is 0 Å². The van der Waals surface area contributed by atoms with Gasteiger partial charge >= 0.3 is 0 Å². The fourth-order valence-corrected chi connectivity index (χ4v) is 3.51. The van der Waals surface area contributed by atoms with Crippen LogP contribution in [0.15, 0.2) is 65.9 Å². The van der Waals surface area contributed by atoms with Gasteiger partial charge in [-0.25, -0.2) is 0 Å². The third-order valence-electron chi connectivity index (χ3n) is 5.38. The zero-order chi connectivity index (χ0) is 23.8. The van der Waals surface area contributed by atoms with Crippen LogP contribution in [0.25, 0.3) is 0 Å². The van der Waals surface area contributed by atoms with Crippen molar-refractivity contribution in [2.24, 2.45) is 5.10 Å². The van der Waals surface area contributed by atoms with Crippen LogP contribution in [0, 0.1) is 0 Å². The molecule has 3 N–H and O–H groups in total. The number of hydrogen-bond acceptors (Lipinski definition) is 6. The van der Waals surface area contributed by atoms with Crippen molar-refractivity contribution in [1.29, 1.82) is 0 Å². The van der Waals surface area contributed by atoms with Gasteiger partial charge in [-0.05, 0) is 36.6 Å². The number of anilines is 2. The molecular weight excluding hydrogens is 418 g/mol. The fraction of sp³-hybridized carbons (Fsp3) is 0.280. The number of aryl methyl sites for hydroxylation is 1. The number of likely N-dealkylation sites (N-methyl/N-ethyl adjacent to an activating group) is 1. The highest BCUT2D eigenvalue weighted by molar-refractivity contribution is 6.38. The fourth-order valence-electron chi connectivity index (χ4n) is 3.51. The summed E-state index contributed by atoms with van der Waals surface area (Å²) in [7, 11) is 1.67. The van der Waals surface area contributed by atoms with Gasteiger partial charge < -0.3 is 20.3 Å². The van der Waals surface area contributed by atoms with Gasteiger partial charge in [0.15, 0.2) is 0 Å². The Kier molecular flexibility index (Phi) is 7.96. The van der Waals surface area contributed by atoms with Crippen LogP contribution in [0.2, 0.25) is 0 Å². The van der Waals surface area contributed by atoms with E-state index in [0.29, 0.717) is 30.6 Å². The Morgan fingerprint density at radius 1 is 1.24 bits per heavy atom. The molecular formula is C25H29N5O3. The summed E-state index contributed by atoms with van der Waals surface area (Å²) in [4.78, 5) is 37.8. The zero-order valence-corrected chi connectivity index (χ0v) is 18.9. The monoisotopic (exact) mass is 447 g/mol. The van der Waals surface area contributed by atoms with E-state index in [2.05, 4.69) is 27.7 Å². The minimum atomic E-state index is -0.758. The summed E-state index contributed by atoms with van der Waals surface area (Å²) in [5, 5.41) is 10.1. The predicted molar refractivity (Wildman–Crippen MR) is 130 cm³/mol. The van der Waals surface area contributed by atoms with Crippen LogP contribution < -0.4 is 21.0 Å². The zero-order valence-electron chi connectivity index (χ0n) is 18.9. The molecule has 0 aliphatic carbocycles. The van der Waals surface area contributed by atoms with E-state index in [9.17, 15) is 14.4 Å². The number of aldehydes is 1. The summed E-state index contributed by atoms with van der Waals surface area (Å²) in [5.74, 6) is -0.683. The smallest absolute Gasteiger partial charge is 0.267 e. The summed E-state index contributed by atoms with van der Waals surface area (Å²) >= 11 is 0. The molecule has 1 heterocycles. The van der Waals surface area contributed by atoms with Gasteiger partial charge in [0.05, 0.1) is 11.4 Å². The van der Waals surface area contributed by atoms with Crippen molar-refractivity contribution in [3.05, 3.63) is 71.9 Å². The number of allylic oxidation sites excluding steroid dienone is 1. The van der Waals surface area contributed by atoms with Crippen molar-refractivity contribution < 1.29 is 14.4 Å². The number of fused-ring (bicyclic) bond motifs is 1. The molecule has 2 aromatic carbocycles. The molecule has 8 heteroatoms. The van der Waals surface area contributed by atoms with Gasteiger partial charge in [-0.3, -0.25) is 15.0 Å². The maximum Gasteiger partial charge on any atom is 0.267 e. The number of hydrazone groups is 1. The lowest BCUT2D eigenvalue weighted by atomic mass is 10.1. The lowest BCUT2D eigenvalue weighted by molar-refractivity contribution is -0.124. The third kappa shape index (κ3) is 6.29. The highest BCUT2D eigenvalue weighted by atomic mass is 16.2. The third-order valence-corrected chi connectivity index (χ3v) is 5.38. The number of nitrogens with one attached hydrogen (secondary N) is 3. The maximum atomic E-state index is 13.0. The number of hydrogen-bond donors (Lipinski definition) is 3. The van der Waals surface area contributed by atoms with Crippen molar-refractivity contribution in [2.75, 3.05) is 23.8 Å². The number of rotatable bonds is 9. The van der Waals surface area contributed by atoms with Gasteiger partial charge in [-0.1, -0.05) is 43.0 Å². The van der Waals surface area contributed by atoms with E-state index >= 15 is 0 Å². The standard InChI is InChI=1S/C25H29N5O3/c1-17(14-19-8-5-4-6-9-19)28-29-18(2)24(32)27-22-16-26-21-12-11-20(10-7-13-31)15-23(21)30(3)25(22)33/h4-6,8-9,11-13,15,22,26,28H,1,7,10,14,16H2,2-3H3,(H,27,32)/b29-18+/t22-/m0/s1. The minimum absolute atomic E-state index is 0.192. The Labute approximate surface area is 193 Å². The second kappa shape index (κ2) is 11.1. The van der Waals surface area contributed by atoms with Gasteiger partial charge in [0.1, 0.15) is 18.0 Å². The molecule has 2 aromatic rings. The van der Waals surface area contributed by atoms with Gasteiger partial charge in [-0.2, -0.15) is 5.10 Å². The predicted octanol–water partition coefficient (Wildman–Crippen LogP) is 2.41. The van der Waals surface area contributed by atoms with Gasteiger partial charge in [0.25, 0.3) is 11.8 Å². The average Bonchev–Trinajstić information content (AvgIpc) is 2.93. The highest BCUT2D eigenvalue weighted by Crippen LogP contribution is 2.29. The molecule has 0 bridgehead atoms. The molecule has 0 saturated heterocycles. The molecule has 33 heavy (non-hydrogen) atoms. The molecule has 0 radical (unpaired) electrons. The molecule has 172 valence electrons. The molecule has 0 saturated carbocycles. The van der Waals surface area contributed by atoms with Crippen LogP contribution in [-0.4, -0.2) is 43.4 Å². The summed E-state index contributed by atoms with van der Waals surface area (Å²) in [6.45, 7) is 5.76. The van der Waals surface area contributed by atoms with Crippen molar-refractivity contribution in [1.82, 2.24) is 10.7 Å². The summed E-state index contributed by atoms with van der Waals surface area (Å²) < 4.78 is 0. The van der Waals surface area contributed by atoms with Crippen LogP contribution in [-0.2, 0) is 27.2 Å². The van der Waals surface area contributed by atoms with E-state index in [-0.39, 0.29) is 18.2 Å². The lowest BCUT2D eigenvalue weighted by Crippen LogP contribution is -2.51. The van der Waals surface area contributed by atoms with Crippen LogP contribution in [0.3, 0.4) is 0 Å². The van der Waals surface area contributed by atoms with Crippen molar-refractivity contribution in [3.63, 3.8) is 0 Å². The molecule has 1 aliphatic rings. The second-order valence-electron chi connectivity index (χ2n) is 7.94. The number of carbonyl (C=O) groups is 3. The minimum Gasteiger partial charge on any atom is -0.381 e. The van der Waals surface area contributed by atoms with Crippen LogP contribution in [0.4, 0.5) is 11.4 Å². The van der Waals surface area contributed by atoms with E-state index in [1.165, 1.54) is 4.90 Å². The van der Waals surface area contributed by atoms with E-state index in [1.54, 1.807) is 14.0 Å². The highest BCUT2D eigenvalue weighted by Gasteiger charge is 2.29. The Balaban J connectivity index is 1.61. The molecule has 0 fully saturated rings. The van der Waals surface area contributed by atoms with Crippen molar-refractivity contribution in [2.45, 2.75) is 32.2 Å². The lowest BCUT2D eigenvalue weighted by Gasteiger charge is -2.21. The molecule has 0 unspecified atom stereocenters. The van der Waals surface area contributed by atoms with E-state index in [0.717, 1.165) is 23.1 Å². The van der Waals surface area contributed by atoms with Crippen molar-refractivity contribution >= 4 is 35.2 Å². The molecule has 3 rings (SSSR count). The molecule has 1 atom stereocenters. The van der Waals surface area contributed by atoms with Crippen LogP contribution in [0.1, 0.15) is 24.5 Å². The first kappa shape index (κ1) is 23.7. The largest absolute Gasteiger partial charge is 0.381 e.